The second kappa shape index (κ2) is 8.29. The van der Waals surface area contributed by atoms with Gasteiger partial charge in [0.25, 0.3) is 5.92 Å². The first-order chi connectivity index (χ1) is 12.8. The number of ether oxygens (including phenoxy) is 1. The fourth-order valence-electron chi connectivity index (χ4n) is 2.01. The molecular weight excluding hydrogens is 451 g/mol. The topological polar surface area (TPSA) is 50.3 Å². The van der Waals surface area contributed by atoms with Crippen LogP contribution in [0.4, 0.5) is 33.5 Å². The molecule has 0 atom stereocenters. The lowest BCUT2D eigenvalue weighted by Gasteiger charge is -2.23. The molecule has 0 aromatic carbocycles. The summed E-state index contributed by atoms with van der Waals surface area (Å²) in [6, 6.07) is 5.20. The van der Waals surface area contributed by atoms with Gasteiger partial charge >= 0.3 is 6.18 Å². The van der Waals surface area contributed by atoms with Crippen molar-refractivity contribution >= 4 is 27.4 Å². The standard InChI is InChI=1S/C17H16BrF5N4O/c1-10(27(3)12-4-5-13(18)24-8-12)25-14-6-11(16(2,19)20)7-15(26-14)28-9-17(21,22)23/h4-8H,1,9H2,2-3H3,(H,25,26). The fraction of sp³-hybridized carbons (Fsp3) is 0.294. The average Bonchev–Trinajstić information content (AvgIpc) is 2.58. The van der Waals surface area contributed by atoms with Gasteiger partial charge < -0.3 is 15.0 Å². The molecule has 2 aromatic rings. The van der Waals surface area contributed by atoms with Gasteiger partial charge in [-0.2, -0.15) is 18.2 Å². The Morgan fingerprint density at radius 2 is 1.93 bits per heavy atom. The molecule has 152 valence electrons. The van der Waals surface area contributed by atoms with Crippen molar-refractivity contribution in [3.8, 4) is 5.88 Å². The van der Waals surface area contributed by atoms with E-state index in [1.165, 1.54) is 0 Å². The minimum Gasteiger partial charge on any atom is -0.468 e. The van der Waals surface area contributed by atoms with Crippen molar-refractivity contribution < 1.29 is 26.7 Å². The molecule has 0 amide bonds. The molecule has 0 radical (unpaired) electrons. The van der Waals surface area contributed by atoms with Gasteiger partial charge in [-0.3, -0.25) is 0 Å². The predicted molar refractivity (Wildman–Crippen MR) is 98.5 cm³/mol. The normalized spacial score (nSPS) is 11.9. The van der Waals surface area contributed by atoms with Crippen molar-refractivity contribution in [2.45, 2.75) is 19.0 Å². The third-order valence-corrected chi connectivity index (χ3v) is 3.94. The van der Waals surface area contributed by atoms with Crippen LogP contribution in [-0.2, 0) is 5.92 Å². The number of halogens is 6. The molecule has 2 heterocycles. The van der Waals surface area contributed by atoms with Crippen molar-refractivity contribution in [3.63, 3.8) is 0 Å². The zero-order valence-electron chi connectivity index (χ0n) is 14.8. The van der Waals surface area contributed by atoms with E-state index in [9.17, 15) is 22.0 Å². The second-order valence-corrected chi connectivity index (χ2v) is 6.65. The van der Waals surface area contributed by atoms with Crippen LogP contribution in [0.2, 0.25) is 0 Å². The van der Waals surface area contributed by atoms with E-state index in [4.69, 9.17) is 0 Å². The summed E-state index contributed by atoms with van der Waals surface area (Å²) < 4.78 is 69.6. The molecule has 0 aliphatic heterocycles. The summed E-state index contributed by atoms with van der Waals surface area (Å²) in [5.74, 6) is -3.80. The SMILES string of the molecule is C=C(Nc1cc(C(C)(F)F)cc(OCC(F)(F)F)n1)N(C)c1ccc(Br)nc1. The highest BCUT2D eigenvalue weighted by Crippen LogP contribution is 2.32. The lowest BCUT2D eigenvalue weighted by molar-refractivity contribution is -0.154. The molecule has 0 unspecified atom stereocenters. The summed E-state index contributed by atoms with van der Waals surface area (Å²) in [6.07, 6.45) is -3.09. The lowest BCUT2D eigenvalue weighted by Crippen LogP contribution is -2.23. The first-order valence-electron chi connectivity index (χ1n) is 7.76. The highest BCUT2D eigenvalue weighted by molar-refractivity contribution is 9.10. The molecule has 1 N–H and O–H groups in total. The van der Waals surface area contributed by atoms with Crippen LogP contribution in [0.15, 0.2) is 47.5 Å². The van der Waals surface area contributed by atoms with Crippen molar-refractivity contribution in [1.82, 2.24) is 9.97 Å². The van der Waals surface area contributed by atoms with Gasteiger partial charge in [-0.15, -0.1) is 0 Å². The monoisotopic (exact) mass is 466 g/mol. The van der Waals surface area contributed by atoms with Gasteiger partial charge in [0.2, 0.25) is 5.88 Å². The minimum absolute atomic E-state index is 0.141. The van der Waals surface area contributed by atoms with Gasteiger partial charge in [-0.05, 0) is 34.1 Å². The molecule has 28 heavy (non-hydrogen) atoms. The number of rotatable bonds is 7. The predicted octanol–water partition coefficient (Wildman–Crippen LogP) is 5.31. The molecule has 0 fully saturated rings. The number of hydrogen-bond acceptors (Lipinski definition) is 5. The molecule has 0 aliphatic carbocycles. The Morgan fingerprint density at radius 1 is 1.25 bits per heavy atom. The summed E-state index contributed by atoms with van der Waals surface area (Å²) in [6.45, 7) is 2.75. The number of aromatic nitrogens is 2. The molecule has 0 bridgehead atoms. The van der Waals surface area contributed by atoms with Crippen LogP contribution in [-0.4, -0.2) is 29.8 Å². The first kappa shape index (κ1) is 21.9. The van der Waals surface area contributed by atoms with E-state index in [1.54, 1.807) is 30.3 Å². The van der Waals surface area contributed by atoms with Gasteiger partial charge in [0.05, 0.1) is 11.9 Å². The van der Waals surface area contributed by atoms with Crippen molar-refractivity contribution in [3.05, 3.63) is 53.0 Å². The molecule has 2 aromatic heterocycles. The Morgan fingerprint density at radius 3 is 2.46 bits per heavy atom. The number of alkyl halides is 5. The van der Waals surface area contributed by atoms with Crippen LogP contribution in [0.5, 0.6) is 5.88 Å². The number of nitrogens with one attached hydrogen (secondary N) is 1. The van der Waals surface area contributed by atoms with Crippen molar-refractivity contribution in [2.24, 2.45) is 0 Å². The lowest BCUT2D eigenvalue weighted by atomic mass is 10.1. The summed E-state index contributed by atoms with van der Waals surface area (Å²) in [5, 5.41) is 2.69. The maximum Gasteiger partial charge on any atom is 0.422 e. The first-order valence-corrected chi connectivity index (χ1v) is 8.55. The molecule has 0 saturated heterocycles. The molecule has 0 aliphatic rings. The van der Waals surface area contributed by atoms with Gasteiger partial charge in [-0.1, -0.05) is 6.58 Å². The van der Waals surface area contributed by atoms with E-state index >= 15 is 0 Å². The maximum atomic E-state index is 13.7. The number of pyridine rings is 2. The van der Waals surface area contributed by atoms with Crippen molar-refractivity contribution in [1.29, 1.82) is 0 Å². The smallest absolute Gasteiger partial charge is 0.422 e. The van der Waals surface area contributed by atoms with Gasteiger partial charge in [0.15, 0.2) is 6.61 Å². The van der Waals surface area contributed by atoms with Gasteiger partial charge in [0, 0.05) is 25.6 Å². The summed E-state index contributed by atoms with van der Waals surface area (Å²) in [4.78, 5) is 9.43. The van der Waals surface area contributed by atoms with E-state index in [0.717, 1.165) is 12.1 Å². The van der Waals surface area contributed by atoms with E-state index in [2.05, 4.69) is 42.5 Å². The fourth-order valence-corrected chi connectivity index (χ4v) is 2.24. The van der Waals surface area contributed by atoms with Crippen LogP contribution >= 0.6 is 15.9 Å². The highest BCUT2D eigenvalue weighted by atomic mass is 79.9. The summed E-state index contributed by atoms with van der Waals surface area (Å²) >= 11 is 3.21. The number of nitrogens with zero attached hydrogens (tertiary/aromatic N) is 3. The summed E-state index contributed by atoms with van der Waals surface area (Å²) in [7, 11) is 1.64. The van der Waals surface area contributed by atoms with E-state index in [-0.39, 0.29) is 11.6 Å². The number of hydrogen-bond donors (Lipinski definition) is 1. The Kier molecular flexibility index (Phi) is 6.48. The molecular formula is C17H16BrF5N4O. The van der Waals surface area contributed by atoms with Crippen LogP contribution in [0.1, 0.15) is 12.5 Å². The molecule has 2 rings (SSSR count). The molecule has 11 heteroatoms. The highest BCUT2D eigenvalue weighted by Gasteiger charge is 2.30. The van der Waals surface area contributed by atoms with E-state index < -0.39 is 30.1 Å². The van der Waals surface area contributed by atoms with Crippen LogP contribution in [0, 0.1) is 0 Å². The third kappa shape index (κ3) is 6.32. The zero-order chi connectivity index (χ0) is 21.1. The molecule has 0 saturated carbocycles. The second-order valence-electron chi connectivity index (χ2n) is 5.84. The average molecular weight is 467 g/mol. The molecule has 5 nitrogen and oxygen atoms in total. The van der Waals surface area contributed by atoms with E-state index in [0.29, 0.717) is 17.2 Å². The Balaban J connectivity index is 2.25. The largest absolute Gasteiger partial charge is 0.468 e. The Labute approximate surface area is 166 Å². The summed E-state index contributed by atoms with van der Waals surface area (Å²) in [5.41, 5.74) is 0.0779. The van der Waals surface area contributed by atoms with Gasteiger partial charge in [-0.25, -0.2) is 13.8 Å². The molecule has 0 spiro atoms. The number of anilines is 2. The van der Waals surface area contributed by atoms with Crippen LogP contribution in [0.3, 0.4) is 0 Å². The Bertz CT molecular complexity index is 837. The van der Waals surface area contributed by atoms with E-state index in [1.807, 2.05) is 0 Å². The van der Waals surface area contributed by atoms with Crippen LogP contribution in [0.25, 0.3) is 0 Å². The maximum absolute atomic E-state index is 13.7. The third-order valence-electron chi connectivity index (χ3n) is 3.47. The Hall–Kier alpha value is -2.43. The van der Waals surface area contributed by atoms with Crippen LogP contribution < -0.4 is 15.0 Å². The van der Waals surface area contributed by atoms with Gasteiger partial charge in [0.1, 0.15) is 16.2 Å². The quantitative estimate of drug-likeness (QED) is 0.442. The zero-order valence-corrected chi connectivity index (χ0v) is 16.4. The minimum atomic E-state index is -4.63. The van der Waals surface area contributed by atoms with Crippen molar-refractivity contribution in [2.75, 3.05) is 23.9 Å².